The first-order chi connectivity index (χ1) is 8.65. The number of rotatable bonds is 8. The van der Waals surface area contributed by atoms with E-state index in [1.54, 1.807) is 0 Å². The Morgan fingerprint density at radius 2 is 1.94 bits per heavy atom. The van der Waals surface area contributed by atoms with Crippen LogP contribution in [0.3, 0.4) is 0 Å². The Morgan fingerprint density at radius 1 is 1.28 bits per heavy atom. The summed E-state index contributed by atoms with van der Waals surface area (Å²) in [4.78, 5) is 2.44. The number of hydrogen-bond acceptors (Lipinski definition) is 2. The second-order valence-electron chi connectivity index (χ2n) is 4.97. The van der Waals surface area contributed by atoms with Crippen molar-refractivity contribution in [2.45, 2.75) is 19.8 Å². The van der Waals surface area contributed by atoms with Gasteiger partial charge in [-0.15, -0.1) is 0 Å². The predicted octanol–water partition coefficient (Wildman–Crippen LogP) is 3.17. The van der Waals surface area contributed by atoms with Crippen LogP contribution in [0.25, 0.3) is 0 Å². The van der Waals surface area contributed by atoms with Gasteiger partial charge in [-0.05, 0) is 50.7 Å². The van der Waals surface area contributed by atoms with Crippen molar-refractivity contribution in [3.05, 3.63) is 34.3 Å². The first kappa shape index (κ1) is 15.7. The van der Waals surface area contributed by atoms with Gasteiger partial charge in [0.05, 0.1) is 0 Å². The third-order valence-corrected chi connectivity index (χ3v) is 3.86. The van der Waals surface area contributed by atoms with Crippen molar-refractivity contribution in [1.82, 2.24) is 10.2 Å². The second-order valence-corrected chi connectivity index (χ2v) is 5.89. The number of nitrogens with one attached hydrogen (secondary N) is 1. The molecule has 1 unspecified atom stereocenters. The average Bonchev–Trinajstić information content (AvgIpc) is 2.37. The van der Waals surface area contributed by atoms with Gasteiger partial charge in [-0.2, -0.15) is 0 Å². The summed E-state index contributed by atoms with van der Waals surface area (Å²) < 4.78 is 1.15. The largest absolute Gasteiger partial charge is 0.319 e. The fourth-order valence-corrected chi connectivity index (χ4v) is 2.39. The first-order valence-electron chi connectivity index (χ1n) is 6.73. The smallest absolute Gasteiger partial charge is 0.0175 e. The topological polar surface area (TPSA) is 15.3 Å². The standard InChI is InChI=1S/C15H25BrN2/c1-4-13(11-17-2)12-18(3)10-9-14-5-7-15(16)8-6-14/h5-8,13,17H,4,9-12H2,1-3H3. The van der Waals surface area contributed by atoms with Gasteiger partial charge in [-0.3, -0.25) is 0 Å². The maximum absolute atomic E-state index is 3.47. The van der Waals surface area contributed by atoms with Crippen LogP contribution in [0.2, 0.25) is 0 Å². The molecule has 1 rings (SSSR count). The molecule has 0 aliphatic heterocycles. The van der Waals surface area contributed by atoms with Gasteiger partial charge in [0, 0.05) is 17.6 Å². The van der Waals surface area contributed by atoms with Crippen LogP contribution in [0.4, 0.5) is 0 Å². The number of halogens is 1. The molecule has 1 aromatic rings. The van der Waals surface area contributed by atoms with E-state index >= 15 is 0 Å². The lowest BCUT2D eigenvalue weighted by molar-refractivity contribution is 0.271. The van der Waals surface area contributed by atoms with Crippen molar-refractivity contribution in [1.29, 1.82) is 0 Å². The molecule has 1 atom stereocenters. The first-order valence-corrected chi connectivity index (χ1v) is 7.52. The summed E-state index contributed by atoms with van der Waals surface area (Å²) in [7, 11) is 4.25. The van der Waals surface area contributed by atoms with E-state index in [2.05, 4.69) is 64.4 Å². The van der Waals surface area contributed by atoms with Gasteiger partial charge in [0.2, 0.25) is 0 Å². The minimum Gasteiger partial charge on any atom is -0.319 e. The summed E-state index contributed by atoms with van der Waals surface area (Å²) in [5, 5.41) is 3.27. The van der Waals surface area contributed by atoms with Crippen molar-refractivity contribution in [3.8, 4) is 0 Å². The van der Waals surface area contributed by atoms with E-state index in [-0.39, 0.29) is 0 Å². The third-order valence-electron chi connectivity index (χ3n) is 3.34. The highest BCUT2D eigenvalue weighted by Gasteiger charge is 2.08. The van der Waals surface area contributed by atoms with Crippen LogP contribution in [-0.2, 0) is 6.42 Å². The lowest BCUT2D eigenvalue weighted by Crippen LogP contribution is -2.32. The summed E-state index contributed by atoms with van der Waals surface area (Å²) in [6, 6.07) is 8.63. The lowest BCUT2D eigenvalue weighted by Gasteiger charge is -2.23. The van der Waals surface area contributed by atoms with Gasteiger partial charge in [0.15, 0.2) is 0 Å². The van der Waals surface area contributed by atoms with E-state index < -0.39 is 0 Å². The SMILES string of the molecule is CCC(CNC)CN(C)CCc1ccc(Br)cc1. The van der Waals surface area contributed by atoms with Crippen LogP contribution in [0.1, 0.15) is 18.9 Å². The number of benzene rings is 1. The summed E-state index contributed by atoms with van der Waals surface area (Å²) in [6.45, 7) is 5.68. The quantitative estimate of drug-likeness (QED) is 0.793. The lowest BCUT2D eigenvalue weighted by atomic mass is 10.1. The number of nitrogens with zero attached hydrogens (tertiary/aromatic N) is 1. The average molecular weight is 313 g/mol. The molecule has 0 saturated heterocycles. The van der Waals surface area contributed by atoms with Crippen LogP contribution in [-0.4, -0.2) is 38.6 Å². The molecule has 0 spiro atoms. The van der Waals surface area contributed by atoms with E-state index in [9.17, 15) is 0 Å². The molecule has 1 N–H and O–H groups in total. The van der Waals surface area contributed by atoms with Crippen LogP contribution in [0.5, 0.6) is 0 Å². The predicted molar refractivity (Wildman–Crippen MR) is 83.1 cm³/mol. The molecule has 18 heavy (non-hydrogen) atoms. The number of likely N-dealkylation sites (N-methyl/N-ethyl adjacent to an activating group) is 1. The van der Waals surface area contributed by atoms with Gasteiger partial charge < -0.3 is 10.2 Å². The Balaban J connectivity index is 2.31. The fourth-order valence-electron chi connectivity index (χ4n) is 2.13. The molecule has 0 aromatic heterocycles. The van der Waals surface area contributed by atoms with Gasteiger partial charge in [0.25, 0.3) is 0 Å². The highest BCUT2D eigenvalue weighted by molar-refractivity contribution is 9.10. The highest BCUT2D eigenvalue weighted by atomic mass is 79.9. The summed E-state index contributed by atoms with van der Waals surface area (Å²) in [5.74, 6) is 0.755. The van der Waals surface area contributed by atoms with E-state index in [0.717, 1.165) is 29.9 Å². The minimum absolute atomic E-state index is 0.755. The van der Waals surface area contributed by atoms with Crippen molar-refractivity contribution in [2.24, 2.45) is 5.92 Å². The minimum atomic E-state index is 0.755. The van der Waals surface area contributed by atoms with E-state index in [0.29, 0.717) is 0 Å². The zero-order chi connectivity index (χ0) is 13.4. The Morgan fingerprint density at radius 3 is 2.50 bits per heavy atom. The van der Waals surface area contributed by atoms with Crippen LogP contribution < -0.4 is 5.32 Å². The molecule has 0 heterocycles. The fraction of sp³-hybridized carbons (Fsp3) is 0.600. The van der Waals surface area contributed by atoms with Gasteiger partial charge in [-0.1, -0.05) is 41.4 Å². The maximum Gasteiger partial charge on any atom is 0.0175 e. The van der Waals surface area contributed by atoms with Crippen molar-refractivity contribution in [2.75, 3.05) is 33.7 Å². The second kappa shape index (κ2) is 8.68. The summed E-state index contributed by atoms with van der Waals surface area (Å²) >= 11 is 3.47. The summed E-state index contributed by atoms with van der Waals surface area (Å²) in [5.41, 5.74) is 1.41. The molecular weight excluding hydrogens is 288 g/mol. The summed E-state index contributed by atoms with van der Waals surface area (Å²) in [6.07, 6.45) is 2.36. The molecule has 1 aromatic carbocycles. The monoisotopic (exact) mass is 312 g/mol. The molecule has 3 heteroatoms. The van der Waals surface area contributed by atoms with Crippen LogP contribution in [0, 0.1) is 5.92 Å². The molecule has 0 aliphatic rings. The Labute approximate surface area is 120 Å². The Hall–Kier alpha value is -0.380. The van der Waals surface area contributed by atoms with Gasteiger partial charge in [0.1, 0.15) is 0 Å². The zero-order valence-corrected chi connectivity index (χ0v) is 13.3. The van der Waals surface area contributed by atoms with Crippen molar-refractivity contribution in [3.63, 3.8) is 0 Å². The molecule has 0 radical (unpaired) electrons. The molecule has 0 amide bonds. The van der Waals surface area contributed by atoms with E-state index in [1.807, 2.05) is 7.05 Å². The third kappa shape index (κ3) is 5.98. The van der Waals surface area contributed by atoms with Crippen LogP contribution in [0.15, 0.2) is 28.7 Å². The zero-order valence-electron chi connectivity index (χ0n) is 11.7. The normalized spacial score (nSPS) is 12.9. The Bertz CT molecular complexity index is 324. The molecular formula is C15H25BrN2. The molecule has 0 fully saturated rings. The molecule has 102 valence electrons. The van der Waals surface area contributed by atoms with Crippen molar-refractivity contribution >= 4 is 15.9 Å². The highest BCUT2D eigenvalue weighted by Crippen LogP contribution is 2.11. The van der Waals surface area contributed by atoms with Gasteiger partial charge >= 0.3 is 0 Å². The van der Waals surface area contributed by atoms with Crippen LogP contribution >= 0.6 is 15.9 Å². The number of hydrogen-bond donors (Lipinski definition) is 1. The molecule has 0 bridgehead atoms. The van der Waals surface area contributed by atoms with Crippen molar-refractivity contribution < 1.29 is 0 Å². The molecule has 0 saturated carbocycles. The van der Waals surface area contributed by atoms with E-state index in [1.165, 1.54) is 18.5 Å². The van der Waals surface area contributed by atoms with Gasteiger partial charge in [-0.25, -0.2) is 0 Å². The molecule has 0 aliphatic carbocycles. The maximum atomic E-state index is 3.47. The molecule has 2 nitrogen and oxygen atoms in total. The Kier molecular flexibility index (Phi) is 7.56. The van der Waals surface area contributed by atoms with E-state index in [4.69, 9.17) is 0 Å².